The van der Waals surface area contributed by atoms with Crippen LogP contribution in [0.2, 0.25) is 10.0 Å². The van der Waals surface area contributed by atoms with Gasteiger partial charge in [0.25, 0.3) is 5.91 Å². The molecule has 0 spiro atoms. The highest BCUT2D eigenvalue weighted by Gasteiger charge is 2.15. The molecule has 0 radical (unpaired) electrons. The van der Waals surface area contributed by atoms with Crippen molar-refractivity contribution in [2.45, 2.75) is 6.92 Å². The molecular weight excluding hydrogens is 329 g/mol. The first-order valence-corrected chi connectivity index (χ1v) is 6.92. The SMILES string of the molecule is CCNC(=O)c1cc(Cl)cc(NC=C(C#N)C(=O)OC)c1Cl. The number of esters is 1. The predicted molar refractivity (Wildman–Crippen MR) is 83.8 cm³/mol. The minimum atomic E-state index is -0.794. The Morgan fingerprint density at radius 1 is 1.41 bits per heavy atom. The second kappa shape index (κ2) is 8.27. The van der Waals surface area contributed by atoms with E-state index < -0.39 is 5.97 Å². The molecule has 1 aromatic rings. The molecule has 0 aliphatic carbocycles. The van der Waals surface area contributed by atoms with Gasteiger partial charge in [0.05, 0.1) is 23.4 Å². The third-order valence-electron chi connectivity index (χ3n) is 2.52. The van der Waals surface area contributed by atoms with Crippen LogP contribution >= 0.6 is 23.2 Å². The van der Waals surface area contributed by atoms with Crippen LogP contribution in [0, 0.1) is 11.3 Å². The first kappa shape index (κ1) is 17.8. The first-order chi connectivity index (χ1) is 10.4. The van der Waals surface area contributed by atoms with Gasteiger partial charge in [-0.2, -0.15) is 5.26 Å². The second-order valence-electron chi connectivity index (χ2n) is 3.98. The highest BCUT2D eigenvalue weighted by atomic mass is 35.5. The maximum Gasteiger partial charge on any atom is 0.350 e. The predicted octanol–water partition coefficient (Wildman–Crippen LogP) is 2.74. The van der Waals surface area contributed by atoms with Crippen molar-refractivity contribution < 1.29 is 14.3 Å². The normalized spacial score (nSPS) is 10.6. The van der Waals surface area contributed by atoms with E-state index in [0.29, 0.717) is 6.54 Å². The Labute approximate surface area is 137 Å². The van der Waals surface area contributed by atoms with Gasteiger partial charge in [-0.25, -0.2) is 4.79 Å². The number of nitriles is 1. The molecule has 0 unspecified atom stereocenters. The number of hydrogen-bond donors (Lipinski definition) is 2. The number of halogens is 2. The number of rotatable bonds is 5. The summed E-state index contributed by atoms with van der Waals surface area (Å²) in [6.07, 6.45) is 1.13. The molecule has 0 aromatic heterocycles. The zero-order valence-electron chi connectivity index (χ0n) is 11.9. The maximum absolute atomic E-state index is 11.9. The molecule has 0 bridgehead atoms. The Hall–Kier alpha value is -2.23. The number of amides is 1. The molecule has 0 fully saturated rings. The van der Waals surface area contributed by atoms with E-state index in [1.54, 1.807) is 13.0 Å². The molecule has 8 heteroatoms. The van der Waals surface area contributed by atoms with Crippen LogP contribution in [0.25, 0.3) is 0 Å². The number of ether oxygens (including phenoxy) is 1. The number of hydrogen-bond acceptors (Lipinski definition) is 5. The smallest absolute Gasteiger partial charge is 0.350 e. The van der Waals surface area contributed by atoms with Gasteiger partial charge in [-0.3, -0.25) is 4.79 Å². The summed E-state index contributed by atoms with van der Waals surface area (Å²) < 4.78 is 4.45. The molecule has 0 atom stereocenters. The topological polar surface area (TPSA) is 91.2 Å². The summed E-state index contributed by atoms with van der Waals surface area (Å²) in [5.74, 6) is -1.17. The molecule has 116 valence electrons. The van der Waals surface area contributed by atoms with E-state index in [1.165, 1.54) is 12.1 Å². The Balaban J connectivity index is 3.16. The second-order valence-corrected chi connectivity index (χ2v) is 4.79. The zero-order chi connectivity index (χ0) is 16.7. The van der Waals surface area contributed by atoms with Crippen molar-refractivity contribution in [1.29, 1.82) is 5.26 Å². The van der Waals surface area contributed by atoms with Crippen molar-refractivity contribution in [1.82, 2.24) is 5.32 Å². The number of methoxy groups -OCH3 is 1. The number of carbonyl (C=O) groups is 2. The molecule has 22 heavy (non-hydrogen) atoms. The van der Waals surface area contributed by atoms with Crippen LogP contribution < -0.4 is 10.6 Å². The van der Waals surface area contributed by atoms with Gasteiger partial charge in [0.2, 0.25) is 0 Å². The van der Waals surface area contributed by atoms with Crippen molar-refractivity contribution >= 4 is 40.8 Å². The molecule has 0 saturated carbocycles. The van der Waals surface area contributed by atoms with E-state index in [2.05, 4.69) is 15.4 Å². The summed E-state index contributed by atoms with van der Waals surface area (Å²) in [6.45, 7) is 2.21. The molecular formula is C14H13Cl2N3O3. The lowest BCUT2D eigenvalue weighted by atomic mass is 10.1. The molecule has 1 rings (SSSR count). The van der Waals surface area contributed by atoms with Crippen molar-refractivity contribution in [3.63, 3.8) is 0 Å². The van der Waals surface area contributed by atoms with Crippen molar-refractivity contribution in [3.8, 4) is 6.07 Å². The van der Waals surface area contributed by atoms with Crippen molar-refractivity contribution in [3.05, 3.63) is 39.5 Å². The number of anilines is 1. The molecule has 1 amide bonds. The van der Waals surface area contributed by atoms with E-state index in [9.17, 15) is 9.59 Å². The average molecular weight is 342 g/mol. The van der Waals surface area contributed by atoms with Crippen LogP contribution in [0.5, 0.6) is 0 Å². The lowest BCUT2D eigenvalue weighted by molar-refractivity contribution is -0.135. The van der Waals surface area contributed by atoms with E-state index in [1.807, 2.05) is 0 Å². The fourth-order valence-corrected chi connectivity index (χ4v) is 1.98. The summed E-state index contributed by atoms with van der Waals surface area (Å²) in [7, 11) is 1.16. The molecule has 6 nitrogen and oxygen atoms in total. The standard InChI is InChI=1S/C14H13Cl2N3O3/c1-3-18-13(20)10-4-9(15)5-11(12(10)16)19-7-8(6-17)14(21)22-2/h4-5,7,19H,3H2,1-2H3,(H,18,20). The fraction of sp³-hybridized carbons (Fsp3) is 0.214. The van der Waals surface area contributed by atoms with Gasteiger partial charge in [-0.1, -0.05) is 23.2 Å². The highest BCUT2D eigenvalue weighted by Crippen LogP contribution is 2.30. The van der Waals surface area contributed by atoms with Gasteiger partial charge < -0.3 is 15.4 Å². The van der Waals surface area contributed by atoms with E-state index >= 15 is 0 Å². The lowest BCUT2D eigenvalue weighted by Gasteiger charge is -2.10. The Kier molecular flexibility index (Phi) is 6.70. The van der Waals surface area contributed by atoms with Crippen molar-refractivity contribution in [2.24, 2.45) is 0 Å². The fourth-order valence-electron chi connectivity index (χ4n) is 1.51. The van der Waals surface area contributed by atoms with Crippen LogP contribution in [-0.2, 0) is 9.53 Å². The summed E-state index contributed by atoms with van der Waals surface area (Å²) in [4.78, 5) is 23.2. The van der Waals surface area contributed by atoms with Gasteiger partial charge in [0.15, 0.2) is 5.57 Å². The van der Waals surface area contributed by atoms with Crippen LogP contribution in [0.15, 0.2) is 23.9 Å². The van der Waals surface area contributed by atoms with Gasteiger partial charge >= 0.3 is 5.97 Å². The van der Waals surface area contributed by atoms with Crippen LogP contribution in [0.4, 0.5) is 5.69 Å². The highest BCUT2D eigenvalue weighted by molar-refractivity contribution is 6.38. The quantitative estimate of drug-likeness (QED) is 0.488. The Bertz CT molecular complexity index is 666. The van der Waals surface area contributed by atoms with Crippen LogP contribution in [0.1, 0.15) is 17.3 Å². The van der Waals surface area contributed by atoms with Gasteiger partial charge in [0.1, 0.15) is 6.07 Å². The lowest BCUT2D eigenvalue weighted by Crippen LogP contribution is -2.23. The average Bonchev–Trinajstić information content (AvgIpc) is 2.50. The summed E-state index contributed by atoms with van der Waals surface area (Å²) in [5.41, 5.74) is 0.216. The third-order valence-corrected chi connectivity index (χ3v) is 3.14. The minimum absolute atomic E-state index is 0.119. The van der Waals surface area contributed by atoms with Gasteiger partial charge in [-0.15, -0.1) is 0 Å². The zero-order valence-corrected chi connectivity index (χ0v) is 13.4. The summed E-state index contributed by atoms with van der Waals surface area (Å²) in [6, 6.07) is 4.58. The van der Waals surface area contributed by atoms with E-state index in [0.717, 1.165) is 13.3 Å². The Morgan fingerprint density at radius 2 is 2.09 bits per heavy atom. The summed E-state index contributed by atoms with van der Waals surface area (Å²) in [5, 5.41) is 14.5. The molecule has 2 N–H and O–H groups in total. The number of nitrogens with one attached hydrogen (secondary N) is 2. The van der Waals surface area contributed by atoms with E-state index in [4.69, 9.17) is 28.5 Å². The van der Waals surface area contributed by atoms with E-state index in [-0.39, 0.29) is 32.8 Å². The molecule has 0 aliphatic heterocycles. The Morgan fingerprint density at radius 3 is 2.64 bits per heavy atom. The van der Waals surface area contributed by atoms with Crippen LogP contribution in [0.3, 0.4) is 0 Å². The third kappa shape index (κ3) is 4.38. The number of nitrogens with zero attached hydrogens (tertiary/aromatic N) is 1. The van der Waals surface area contributed by atoms with Crippen LogP contribution in [-0.4, -0.2) is 25.5 Å². The molecule has 1 aromatic carbocycles. The minimum Gasteiger partial charge on any atom is -0.465 e. The largest absolute Gasteiger partial charge is 0.465 e. The number of carbonyl (C=O) groups excluding carboxylic acids is 2. The number of benzene rings is 1. The monoisotopic (exact) mass is 341 g/mol. The first-order valence-electron chi connectivity index (χ1n) is 6.16. The molecule has 0 heterocycles. The summed E-state index contributed by atoms with van der Waals surface area (Å²) >= 11 is 12.1. The molecule has 0 aliphatic rings. The van der Waals surface area contributed by atoms with Crippen molar-refractivity contribution in [2.75, 3.05) is 19.0 Å². The maximum atomic E-state index is 11.9. The van der Waals surface area contributed by atoms with Gasteiger partial charge in [0, 0.05) is 17.8 Å². The molecule has 0 saturated heterocycles. The van der Waals surface area contributed by atoms with Gasteiger partial charge in [-0.05, 0) is 19.1 Å².